The minimum Gasteiger partial charge on any atom is -0.393 e. The van der Waals surface area contributed by atoms with Gasteiger partial charge in [0.05, 0.1) is 12.1 Å². The van der Waals surface area contributed by atoms with E-state index in [0.717, 1.165) is 12.1 Å². The summed E-state index contributed by atoms with van der Waals surface area (Å²) in [5.41, 5.74) is 0.217. The van der Waals surface area contributed by atoms with E-state index in [0.29, 0.717) is 25.0 Å². The molecule has 1 amide bonds. The number of amides is 1. The van der Waals surface area contributed by atoms with Crippen molar-refractivity contribution in [3.8, 4) is 0 Å². The van der Waals surface area contributed by atoms with E-state index in [1.54, 1.807) is 0 Å². The Morgan fingerprint density at radius 3 is 2.76 bits per heavy atom. The van der Waals surface area contributed by atoms with E-state index in [2.05, 4.69) is 10.5 Å². The Labute approximate surface area is 148 Å². The Hall–Kier alpha value is -1.99. The number of carbonyl (C=O) groups is 1. The summed E-state index contributed by atoms with van der Waals surface area (Å²) in [5.74, 6) is -1.32. The lowest BCUT2D eigenvalue weighted by atomic mass is 9.75. The van der Waals surface area contributed by atoms with Gasteiger partial charge in [-0.05, 0) is 24.8 Å². The Morgan fingerprint density at radius 2 is 2.16 bits per heavy atom. The smallest absolute Gasteiger partial charge is 0.220 e. The maximum atomic E-state index is 14.1. The van der Waals surface area contributed by atoms with Crippen LogP contribution in [0.1, 0.15) is 36.6 Å². The van der Waals surface area contributed by atoms with Crippen LogP contribution in [0, 0.1) is 17.6 Å². The van der Waals surface area contributed by atoms with Crippen LogP contribution >= 0.6 is 11.6 Å². The van der Waals surface area contributed by atoms with Crippen LogP contribution in [0.3, 0.4) is 0 Å². The van der Waals surface area contributed by atoms with E-state index in [1.165, 1.54) is 12.1 Å². The molecule has 1 atom stereocenters. The molecule has 3 rings (SSSR count). The molecule has 0 bridgehead atoms. The van der Waals surface area contributed by atoms with Crippen LogP contribution in [0.15, 0.2) is 28.8 Å². The van der Waals surface area contributed by atoms with Crippen molar-refractivity contribution in [3.05, 3.63) is 52.4 Å². The predicted molar refractivity (Wildman–Crippen MR) is 85.8 cm³/mol. The van der Waals surface area contributed by atoms with Gasteiger partial charge in [-0.2, -0.15) is 0 Å². The highest BCUT2D eigenvalue weighted by Gasteiger charge is 2.36. The van der Waals surface area contributed by atoms with Gasteiger partial charge in [-0.1, -0.05) is 22.8 Å². The number of aliphatic hydroxyl groups is 1. The van der Waals surface area contributed by atoms with Crippen LogP contribution in [0.25, 0.3) is 0 Å². The third-order valence-corrected chi connectivity index (χ3v) is 4.54. The number of nitrogens with zero attached hydrogens (tertiary/aromatic N) is 1. The molecular formula is C17H17ClF2N2O3. The Kier molecular flexibility index (Phi) is 5.34. The first-order valence-corrected chi connectivity index (χ1v) is 8.33. The predicted octanol–water partition coefficient (Wildman–Crippen LogP) is 3.17. The average molecular weight is 371 g/mol. The summed E-state index contributed by atoms with van der Waals surface area (Å²) in [5, 5.41) is 16.0. The van der Waals surface area contributed by atoms with Gasteiger partial charge >= 0.3 is 0 Å². The first kappa shape index (κ1) is 17.8. The minimum atomic E-state index is -0.714. The van der Waals surface area contributed by atoms with E-state index in [-0.39, 0.29) is 29.0 Å². The van der Waals surface area contributed by atoms with Crippen LogP contribution in [-0.4, -0.2) is 22.3 Å². The normalized spacial score (nSPS) is 20.8. The largest absolute Gasteiger partial charge is 0.393 e. The van der Waals surface area contributed by atoms with Gasteiger partial charge < -0.3 is 14.9 Å². The number of aromatic nitrogens is 1. The van der Waals surface area contributed by atoms with Crippen LogP contribution in [0.2, 0.25) is 5.15 Å². The summed E-state index contributed by atoms with van der Waals surface area (Å²) >= 11 is 5.65. The van der Waals surface area contributed by atoms with Crippen molar-refractivity contribution < 1.29 is 23.2 Å². The highest BCUT2D eigenvalue weighted by atomic mass is 35.5. The average Bonchev–Trinajstić information content (AvgIpc) is 2.94. The molecule has 1 unspecified atom stereocenters. The highest BCUT2D eigenvalue weighted by molar-refractivity contribution is 6.29. The van der Waals surface area contributed by atoms with Gasteiger partial charge in [0.25, 0.3) is 0 Å². The first-order chi connectivity index (χ1) is 11.9. The summed E-state index contributed by atoms with van der Waals surface area (Å²) in [7, 11) is 0. The molecule has 1 fully saturated rings. The number of aryl methyl sites for hydroxylation is 1. The van der Waals surface area contributed by atoms with Crippen LogP contribution in [0.4, 0.5) is 8.78 Å². The number of nitrogens with one attached hydrogen (secondary N) is 1. The first-order valence-electron chi connectivity index (χ1n) is 7.96. The minimum absolute atomic E-state index is 0.0985. The lowest BCUT2D eigenvalue weighted by Gasteiger charge is -2.38. The van der Waals surface area contributed by atoms with Crippen LogP contribution in [0.5, 0.6) is 0 Å². The van der Waals surface area contributed by atoms with E-state index >= 15 is 0 Å². The van der Waals surface area contributed by atoms with Crippen LogP contribution in [-0.2, 0) is 11.2 Å². The van der Waals surface area contributed by atoms with Crippen molar-refractivity contribution in [2.24, 2.45) is 5.92 Å². The quantitative estimate of drug-likeness (QED) is 0.819. The Balaban J connectivity index is 1.68. The van der Waals surface area contributed by atoms with Crippen molar-refractivity contribution in [2.75, 3.05) is 0 Å². The number of halogens is 3. The van der Waals surface area contributed by atoms with E-state index < -0.39 is 23.8 Å². The zero-order valence-electron chi connectivity index (χ0n) is 13.2. The van der Waals surface area contributed by atoms with Crippen molar-refractivity contribution in [1.29, 1.82) is 0 Å². The van der Waals surface area contributed by atoms with Gasteiger partial charge in [-0.3, -0.25) is 4.79 Å². The zero-order valence-corrected chi connectivity index (χ0v) is 14.0. The molecule has 5 nitrogen and oxygen atoms in total. The molecule has 1 heterocycles. The molecule has 8 heteroatoms. The molecule has 2 N–H and O–H groups in total. The number of hydrogen-bond acceptors (Lipinski definition) is 4. The zero-order chi connectivity index (χ0) is 18.0. The van der Waals surface area contributed by atoms with E-state index in [4.69, 9.17) is 16.1 Å². The third kappa shape index (κ3) is 4.35. The molecular weight excluding hydrogens is 354 g/mol. The SMILES string of the molecule is O=C(CCc1cc(Cl)no1)NC(c1ccc(F)cc1F)C1CC(O)C1. The second-order valence-electron chi connectivity index (χ2n) is 6.21. The second-order valence-corrected chi connectivity index (χ2v) is 6.60. The molecule has 2 aromatic rings. The summed E-state index contributed by atoms with van der Waals surface area (Å²) < 4.78 is 32.2. The lowest BCUT2D eigenvalue weighted by Crippen LogP contribution is -2.41. The maximum Gasteiger partial charge on any atom is 0.220 e. The standard InChI is InChI=1S/C17H17ClF2N2O3/c18-15-8-12(25-22-15)2-4-16(24)21-17(9-5-11(23)6-9)13-3-1-10(19)7-14(13)20/h1,3,7-9,11,17,23H,2,4-6H2,(H,21,24). The monoisotopic (exact) mass is 370 g/mol. The molecule has 1 aromatic carbocycles. The van der Waals surface area contributed by atoms with E-state index in [9.17, 15) is 18.7 Å². The lowest BCUT2D eigenvalue weighted by molar-refractivity contribution is -0.123. The van der Waals surface area contributed by atoms with Gasteiger partial charge in [0.1, 0.15) is 17.4 Å². The summed E-state index contributed by atoms with van der Waals surface area (Å²) in [4.78, 5) is 12.2. The molecule has 1 aliphatic carbocycles. The van der Waals surface area contributed by atoms with Crippen LogP contribution < -0.4 is 5.32 Å². The summed E-state index contributed by atoms with van der Waals surface area (Å²) in [6.45, 7) is 0. The summed E-state index contributed by atoms with van der Waals surface area (Å²) in [6.07, 6.45) is 0.875. The van der Waals surface area contributed by atoms with Gasteiger partial charge in [-0.25, -0.2) is 8.78 Å². The molecule has 0 aliphatic heterocycles. The molecule has 134 valence electrons. The number of rotatable bonds is 6. The fourth-order valence-electron chi connectivity index (χ4n) is 2.99. The van der Waals surface area contributed by atoms with Gasteiger partial charge in [0.2, 0.25) is 5.91 Å². The molecule has 1 aromatic heterocycles. The van der Waals surface area contributed by atoms with Gasteiger partial charge in [0.15, 0.2) is 5.15 Å². The number of aliphatic hydroxyl groups excluding tert-OH is 1. The molecule has 1 saturated carbocycles. The molecule has 25 heavy (non-hydrogen) atoms. The molecule has 1 aliphatic rings. The van der Waals surface area contributed by atoms with E-state index in [1.807, 2.05) is 0 Å². The van der Waals surface area contributed by atoms with Gasteiger partial charge in [0, 0.05) is 30.5 Å². The number of hydrogen-bond donors (Lipinski definition) is 2. The fourth-order valence-corrected chi connectivity index (χ4v) is 3.15. The van der Waals surface area contributed by atoms with Crippen molar-refractivity contribution in [1.82, 2.24) is 10.5 Å². The van der Waals surface area contributed by atoms with Gasteiger partial charge in [-0.15, -0.1) is 0 Å². The summed E-state index contributed by atoms with van der Waals surface area (Å²) in [6, 6.07) is 4.18. The topological polar surface area (TPSA) is 75.4 Å². The molecule has 0 saturated heterocycles. The maximum absolute atomic E-state index is 14.1. The second kappa shape index (κ2) is 7.49. The number of benzene rings is 1. The highest BCUT2D eigenvalue weighted by Crippen LogP contribution is 2.39. The molecule has 0 radical (unpaired) electrons. The fraction of sp³-hybridized carbons (Fsp3) is 0.412. The molecule has 0 spiro atoms. The van der Waals surface area contributed by atoms with Crippen molar-refractivity contribution in [3.63, 3.8) is 0 Å². The number of carbonyl (C=O) groups excluding carboxylic acids is 1. The van der Waals surface area contributed by atoms with Crippen molar-refractivity contribution in [2.45, 2.75) is 37.8 Å². The van der Waals surface area contributed by atoms with Crippen molar-refractivity contribution >= 4 is 17.5 Å². The Morgan fingerprint density at radius 1 is 1.40 bits per heavy atom. The third-order valence-electron chi connectivity index (χ3n) is 4.36. The Bertz CT molecular complexity index is 762.